The summed E-state index contributed by atoms with van der Waals surface area (Å²) >= 11 is 0. The highest BCUT2D eigenvalue weighted by Crippen LogP contribution is 2.32. The maximum atomic E-state index is 11.9. The fourth-order valence-electron chi connectivity index (χ4n) is 4.46. The number of hydrogen-bond acceptors (Lipinski definition) is 10. The van der Waals surface area contributed by atoms with E-state index in [0.29, 0.717) is 47.2 Å². The summed E-state index contributed by atoms with van der Waals surface area (Å²) in [5.74, 6) is 6.81. The third-order valence-corrected chi connectivity index (χ3v) is 6.54. The molecule has 1 aliphatic heterocycles. The Morgan fingerprint density at radius 3 is 2.71 bits per heavy atom. The van der Waals surface area contributed by atoms with Gasteiger partial charge >= 0.3 is 6.09 Å². The summed E-state index contributed by atoms with van der Waals surface area (Å²) in [5.41, 5.74) is 8.37. The molecule has 0 unspecified atom stereocenters. The number of nitrogens with two attached hydrogens (primary N) is 1. The lowest BCUT2D eigenvalue weighted by molar-refractivity contribution is 0.151. The number of hydrogen-bond donors (Lipinski definition) is 3. The van der Waals surface area contributed by atoms with E-state index in [9.17, 15) is 15.2 Å². The topological polar surface area (TPSA) is 154 Å². The average molecular weight is 555 g/mol. The van der Waals surface area contributed by atoms with Crippen molar-refractivity contribution in [1.82, 2.24) is 20.5 Å². The molecule has 1 aromatic carbocycles. The maximum absolute atomic E-state index is 11.9. The van der Waals surface area contributed by atoms with E-state index in [-0.39, 0.29) is 18.4 Å². The molecular weight excluding hydrogens is 520 g/mol. The number of phenols is 1. The van der Waals surface area contributed by atoms with Crippen LogP contribution in [0.15, 0.2) is 42.5 Å². The van der Waals surface area contributed by atoms with Gasteiger partial charge in [-0.15, -0.1) is 10.2 Å². The van der Waals surface area contributed by atoms with Crippen LogP contribution in [0.5, 0.6) is 5.75 Å². The monoisotopic (exact) mass is 554 g/mol. The third-order valence-electron chi connectivity index (χ3n) is 6.54. The lowest BCUT2D eigenvalue weighted by atomic mass is 10.1. The fraction of sp³-hybridized carbons (Fsp3) is 0.367. The van der Waals surface area contributed by atoms with Crippen molar-refractivity contribution in [3.63, 3.8) is 0 Å². The van der Waals surface area contributed by atoms with Crippen LogP contribution in [-0.2, 0) is 4.74 Å². The Morgan fingerprint density at radius 2 is 1.98 bits per heavy atom. The summed E-state index contributed by atoms with van der Waals surface area (Å²) in [5, 5.41) is 30.9. The zero-order chi connectivity index (χ0) is 29.6. The number of rotatable bonds is 4. The number of alkyl carbamates (subject to hydrolysis) is 1. The number of phenolic OH excluding ortho intramolecular Hbond substituents is 1. The van der Waals surface area contributed by atoms with Gasteiger partial charge in [0.2, 0.25) is 0 Å². The van der Waals surface area contributed by atoms with E-state index < -0.39 is 11.6 Å². The number of pyridine rings is 1. The number of nitrogens with one attached hydrogen (secondary N) is 1. The van der Waals surface area contributed by atoms with Crippen LogP contribution in [0.4, 0.5) is 22.1 Å². The minimum Gasteiger partial charge on any atom is -0.507 e. The summed E-state index contributed by atoms with van der Waals surface area (Å²) in [4.78, 5) is 20.9. The number of carbonyl (C=O) groups excluding carboxylic acids is 1. The van der Waals surface area contributed by atoms with Crippen LogP contribution in [0.25, 0.3) is 11.3 Å². The van der Waals surface area contributed by atoms with Crippen molar-refractivity contribution < 1.29 is 14.6 Å². The maximum Gasteiger partial charge on any atom is 0.408 e. The molecule has 3 heterocycles. The first-order valence-corrected chi connectivity index (χ1v) is 13.3. The second-order valence-corrected chi connectivity index (χ2v) is 10.8. The van der Waals surface area contributed by atoms with Gasteiger partial charge in [0.05, 0.1) is 16.9 Å². The number of benzene rings is 1. The number of amides is 1. The first-order valence-electron chi connectivity index (χ1n) is 13.3. The van der Waals surface area contributed by atoms with E-state index >= 15 is 0 Å². The number of para-hydroxylation sites is 1. The quantitative estimate of drug-likeness (QED) is 0.407. The normalized spacial score (nSPS) is 15.2. The number of carbonyl (C=O) groups is 1. The van der Waals surface area contributed by atoms with Gasteiger partial charge < -0.3 is 30.7 Å². The van der Waals surface area contributed by atoms with Crippen molar-refractivity contribution in [1.29, 1.82) is 5.26 Å². The van der Waals surface area contributed by atoms with E-state index in [1.54, 1.807) is 24.3 Å². The van der Waals surface area contributed by atoms with Crippen molar-refractivity contribution >= 4 is 23.4 Å². The molecule has 1 atom stereocenters. The SMILES string of the molecule is C[C@@H]1CCN(c2cc(-c3ccccc3O)nnc2N)CCN1c1ccc(C#N)c(C#CCOC(=O)NC(C)(C)C)n1. The number of anilines is 3. The minimum atomic E-state index is -0.560. The summed E-state index contributed by atoms with van der Waals surface area (Å²) in [7, 11) is 0. The molecule has 1 saturated heterocycles. The molecule has 2 aromatic heterocycles. The van der Waals surface area contributed by atoms with Crippen molar-refractivity contribution in [2.24, 2.45) is 0 Å². The van der Waals surface area contributed by atoms with Gasteiger partial charge in [0.1, 0.15) is 23.3 Å². The van der Waals surface area contributed by atoms with Crippen molar-refractivity contribution in [2.75, 3.05) is 41.8 Å². The molecule has 3 aromatic rings. The minimum absolute atomic E-state index is 0.124. The van der Waals surface area contributed by atoms with E-state index in [2.05, 4.69) is 50.1 Å². The molecule has 212 valence electrons. The van der Waals surface area contributed by atoms with Gasteiger partial charge in [0, 0.05) is 36.8 Å². The molecule has 0 bridgehead atoms. The lowest BCUT2D eigenvalue weighted by Crippen LogP contribution is -2.40. The molecule has 0 spiro atoms. The summed E-state index contributed by atoms with van der Waals surface area (Å²) in [6.45, 7) is 9.56. The molecule has 41 heavy (non-hydrogen) atoms. The molecule has 0 radical (unpaired) electrons. The van der Waals surface area contributed by atoms with Crippen LogP contribution in [0.3, 0.4) is 0 Å². The highest BCUT2D eigenvalue weighted by Gasteiger charge is 2.25. The van der Waals surface area contributed by atoms with Crippen LogP contribution in [0, 0.1) is 23.2 Å². The van der Waals surface area contributed by atoms with Crippen LogP contribution in [-0.4, -0.2) is 64.2 Å². The van der Waals surface area contributed by atoms with Crippen LogP contribution in [0.2, 0.25) is 0 Å². The van der Waals surface area contributed by atoms with Crippen molar-refractivity contribution in [2.45, 2.75) is 45.7 Å². The summed E-state index contributed by atoms with van der Waals surface area (Å²) in [6.07, 6.45) is 0.252. The van der Waals surface area contributed by atoms with Crippen molar-refractivity contribution in [3.8, 4) is 34.9 Å². The molecule has 1 amide bonds. The second-order valence-electron chi connectivity index (χ2n) is 10.8. The van der Waals surface area contributed by atoms with Gasteiger partial charge in [0.15, 0.2) is 12.4 Å². The highest BCUT2D eigenvalue weighted by atomic mass is 16.5. The van der Waals surface area contributed by atoms with Gasteiger partial charge in [0.25, 0.3) is 0 Å². The smallest absolute Gasteiger partial charge is 0.408 e. The number of nitrogens with zero attached hydrogens (tertiary/aromatic N) is 6. The molecule has 11 heteroatoms. The molecule has 4 N–H and O–H groups in total. The highest BCUT2D eigenvalue weighted by molar-refractivity contribution is 5.74. The molecule has 11 nitrogen and oxygen atoms in total. The Labute approximate surface area is 240 Å². The zero-order valence-electron chi connectivity index (χ0n) is 23.7. The molecule has 4 rings (SSSR count). The Morgan fingerprint density at radius 1 is 1.20 bits per heavy atom. The van der Waals surface area contributed by atoms with Gasteiger partial charge in [-0.3, -0.25) is 0 Å². The lowest BCUT2D eigenvalue weighted by Gasteiger charge is -2.28. The average Bonchev–Trinajstić information content (AvgIpc) is 3.12. The summed E-state index contributed by atoms with van der Waals surface area (Å²) < 4.78 is 5.12. The van der Waals surface area contributed by atoms with E-state index in [1.807, 2.05) is 39.0 Å². The van der Waals surface area contributed by atoms with E-state index in [4.69, 9.17) is 15.5 Å². The van der Waals surface area contributed by atoms with Gasteiger partial charge in [-0.05, 0) is 70.4 Å². The second kappa shape index (κ2) is 12.4. The van der Waals surface area contributed by atoms with Crippen LogP contribution < -0.4 is 20.9 Å². The Bertz CT molecular complexity index is 1520. The van der Waals surface area contributed by atoms with Gasteiger partial charge in [-0.25, -0.2) is 9.78 Å². The number of aromatic nitrogens is 3. The number of nitriles is 1. The number of nitrogen functional groups attached to an aromatic ring is 1. The predicted molar refractivity (Wildman–Crippen MR) is 157 cm³/mol. The molecule has 0 saturated carbocycles. The largest absolute Gasteiger partial charge is 0.507 e. The standard InChI is InChI=1S/C30H34N8O3/c1-20-13-14-37(25-18-24(35-36-28(25)32)22-8-5-6-10-26(22)39)15-16-38(20)27-12-11-21(19-31)23(33-27)9-7-17-41-29(40)34-30(2,3)4/h5-6,8,10-12,18,20,39H,13-17H2,1-4H3,(H2,32,36)(H,34,40)/t20-/m1/s1. The van der Waals surface area contributed by atoms with Gasteiger partial charge in [-0.2, -0.15) is 5.26 Å². The Hall–Kier alpha value is -5.03. The first kappa shape index (κ1) is 29.0. The van der Waals surface area contributed by atoms with E-state index in [0.717, 1.165) is 18.7 Å². The van der Waals surface area contributed by atoms with E-state index in [1.165, 1.54) is 0 Å². The Balaban J connectivity index is 1.51. The van der Waals surface area contributed by atoms with Crippen LogP contribution >= 0.6 is 0 Å². The first-order chi connectivity index (χ1) is 19.6. The van der Waals surface area contributed by atoms with Crippen LogP contribution in [0.1, 0.15) is 45.4 Å². The zero-order valence-corrected chi connectivity index (χ0v) is 23.7. The summed E-state index contributed by atoms with van der Waals surface area (Å²) in [6, 6.07) is 14.6. The Kier molecular flexibility index (Phi) is 8.78. The molecule has 1 aliphatic rings. The number of ether oxygens (including phenoxy) is 1. The molecule has 0 aliphatic carbocycles. The van der Waals surface area contributed by atoms with Gasteiger partial charge in [-0.1, -0.05) is 18.1 Å². The molecular formula is C30H34N8O3. The molecule has 1 fully saturated rings. The number of aromatic hydroxyl groups is 1. The predicted octanol–water partition coefficient (Wildman–Crippen LogP) is 3.68. The fourth-order valence-corrected chi connectivity index (χ4v) is 4.46. The third kappa shape index (κ3) is 7.34. The van der Waals surface area contributed by atoms with Crippen molar-refractivity contribution in [3.05, 3.63) is 53.7 Å².